The fourth-order valence-electron chi connectivity index (χ4n) is 0.840. The van der Waals surface area contributed by atoms with E-state index in [0.29, 0.717) is 5.56 Å². The third-order valence-corrected chi connectivity index (χ3v) is 1.57. The molecule has 1 rings (SSSR count). The van der Waals surface area contributed by atoms with Gasteiger partial charge in [-0.25, -0.2) is 8.78 Å². The Balaban J connectivity index is 3.36. The Morgan fingerprint density at radius 2 is 2.00 bits per heavy atom. The lowest BCUT2D eigenvalue weighted by Gasteiger charge is -2.00. The van der Waals surface area contributed by atoms with Gasteiger partial charge in [-0.3, -0.25) is 0 Å². The molecule has 0 aliphatic heterocycles. The fraction of sp³-hybridized carbons (Fsp3) is 0.111. The van der Waals surface area contributed by atoms with E-state index in [9.17, 15) is 8.78 Å². The highest BCUT2D eigenvalue weighted by atomic mass is 19.1. The first-order valence-electron chi connectivity index (χ1n) is 3.24. The van der Waals surface area contributed by atoms with Crippen LogP contribution in [0.5, 0.6) is 0 Å². The van der Waals surface area contributed by atoms with Gasteiger partial charge in [-0.2, -0.15) is 0 Å². The smallest absolute Gasteiger partial charge is 0.136 e. The molecule has 0 radical (unpaired) electrons. The monoisotopic (exact) mass is 154 g/mol. The summed E-state index contributed by atoms with van der Waals surface area (Å²) in [4.78, 5) is 0. The van der Waals surface area contributed by atoms with Gasteiger partial charge in [0.25, 0.3) is 0 Å². The topological polar surface area (TPSA) is 0 Å². The maximum Gasteiger partial charge on any atom is 0.136 e. The minimum absolute atomic E-state index is 0.0439. The summed E-state index contributed by atoms with van der Waals surface area (Å²) in [7, 11) is 0. The normalized spacial score (nSPS) is 9.73. The van der Waals surface area contributed by atoms with Crippen molar-refractivity contribution >= 4 is 6.08 Å². The van der Waals surface area contributed by atoms with Crippen molar-refractivity contribution in [3.8, 4) is 0 Å². The van der Waals surface area contributed by atoms with Crippen LogP contribution in [0.15, 0.2) is 18.7 Å². The van der Waals surface area contributed by atoms with E-state index in [0.717, 1.165) is 0 Å². The number of hydrogen-bond donors (Lipinski definition) is 0. The van der Waals surface area contributed by atoms with Crippen LogP contribution in [0.1, 0.15) is 11.1 Å². The van der Waals surface area contributed by atoms with Gasteiger partial charge in [0, 0.05) is 11.1 Å². The second-order valence-corrected chi connectivity index (χ2v) is 2.28. The maximum atomic E-state index is 13.0. The lowest BCUT2D eigenvalue weighted by atomic mass is 10.1. The minimum atomic E-state index is -0.528. The molecule has 0 bridgehead atoms. The Morgan fingerprint density at radius 3 is 2.55 bits per heavy atom. The van der Waals surface area contributed by atoms with Gasteiger partial charge in [0.15, 0.2) is 0 Å². The molecule has 0 aromatic heterocycles. The summed E-state index contributed by atoms with van der Waals surface area (Å²) >= 11 is 0. The van der Waals surface area contributed by atoms with Crippen molar-refractivity contribution in [2.45, 2.75) is 6.92 Å². The predicted octanol–water partition coefficient (Wildman–Crippen LogP) is 2.92. The zero-order valence-electron chi connectivity index (χ0n) is 6.20. The minimum Gasteiger partial charge on any atom is -0.207 e. The number of benzene rings is 1. The van der Waals surface area contributed by atoms with Gasteiger partial charge in [-0.15, -0.1) is 0 Å². The van der Waals surface area contributed by atoms with Gasteiger partial charge in [0.2, 0.25) is 0 Å². The summed E-state index contributed by atoms with van der Waals surface area (Å²) in [5, 5.41) is 0. The molecule has 0 N–H and O–H groups in total. The SMILES string of the molecule is C=Cc1ccc(F)c(C)c1F. The summed E-state index contributed by atoms with van der Waals surface area (Å²) in [6.45, 7) is 4.80. The first-order valence-corrected chi connectivity index (χ1v) is 3.24. The Kier molecular flexibility index (Phi) is 2.03. The predicted molar refractivity (Wildman–Crippen MR) is 41.2 cm³/mol. The highest BCUT2D eigenvalue weighted by Gasteiger charge is 2.05. The van der Waals surface area contributed by atoms with Gasteiger partial charge >= 0.3 is 0 Å². The largest absolute Gasteiger partial charge is 0.207 e. The van der Waals surface area contributed by atoms with Crippen LogP contribution in [0.4, 0.5) is 8.78 Å². The van der Waals surface area contributed by atoms with E-state index in [1.54, 1.807) is 0 Å². The number of rotatable bonds is 1. The first-order chi connectivity index (χ1) is 5.16. The molecule has 0 atom stereocenters. The summed E-state index contributed by atoms with van der Waals surface area (Å²) in [5.41, 5.74) is 0.381. The molecule has 0 spiro atoms. The van der Waals surface area contributed by atoms with E-state index < -0.39 is 11.6 Å². The molecule has 58 valence electrons. The fourth-order valence-corrected chi connectivity index (χ4v) is 0.840. The van der Waals surface area contributed by atoms with Crippen LogP contribution in [0.2, 0.25) is 0 Å². The number of hydrogen-bond acceptors (Lipinski definition) is 0. The molecule has 0 saturated heterocycles. The molecule has 0 aliphatic rings. The van der Waals surface area contributed by atoms with Crippen molar-refractivity contribution in [1.29, 1.82) is 0 Å². The van der Waals surface area contributed by atoms with Crippen LogP contribution < -0.4 is 0 Å². The van der Waals surface area contributed by atoms with Crippen LogP contribution >= 0.6 is 0 Å². The summed E-state index contributed by atoms with van der Waals surface area (Å²) < 4.78 is 25.6. The first kappa shape index (κ1) is 7.92. The van der Waals surface area contributed by atoms with Crippen molar-refractivity contribution in [3.05, 3.63) is 41.5 Å². The second-order valence-electron chi connectivity index (χ2n) is 2.28. The van der Waals surface area contributed by atoms with Crippen molar-refractivity contribution < 1.29 is 8.78 Å². The Morgan fingerprint density at radius 1 is 1.36 bits per heavy atom. The van der Waals surface area contributed by atoms with Crippen LogP contribution in [0.25, 0.3) is 6.08 Å². The molecule has 11 heavy (non-hydrogen) atoms. The Labute approximate surface area is 64.2 Å². The second kappa shape index (κ2) is 2.82. The standard InChI is InChI=1S/C9H8F2/c1-3-7-4-5-8(10)6(2)9(7)11/h3-5H,1H2,2H3. The molecule has 0 unspecified atom stereocenters. The molecule has 1 aromatic rings. The molecule has 0 amide bonds. The molecule has 0 saturated carbocycles. The number of halogens is 2. The quantitative estimate of drug-likeness (QED) is 0.583. The van der Waals surface area contributed by atoms with E-state index in [1.807, 2.05) is 0 Å². The molecule has 0 heterocycles. The zero-order valence-corrected chi connectivity index (χ0v) is 6.20. The average molecular weight is 154 g/mol. The molecule has 2 heteroatoms. The van der Waals surface area contributed by atoms with Gasteiger partial charge in [-0.05, 0) is 19.1 Å². The van der Waals surface area contributed by atoms with Crippen molar-refractivity contribution in [1.82, 2.24) is 0 Å². The van der Waals surface area contributed by atoms with Gasteiger partial charge < -0.3 is 0 Å². The molecule has 1 aromatic carbocycles. The summed E-state index contributed by atoms with van der Waals surface area (Å²) in [6.07, 6.45) is 1.36. The molecular formula is C9H8F2. The zero-order chi connectivity index (χ0) is 8.43. The Bertz CT molecular complexity index is 290. The van der Waals surface area contributed by atoms with Crippen LogP contribution in [0.3, 0.4) is 0 Å². The van der Waals surface area contributed by atoms with Crippen molar-refractivity contribution in [2.24, 2.45) is 0 Å². The summed E-state index contributed by atoms with van der Waals surface area (Å²) in [6, 6.07) is 2.60. The lowest BCUT2D eigenvalue weighted by molar-refractivity contribution is 0.566. The molecule has 0 aliphatic carbocycles. The molecule has 0 nitrogen and oxygen atoms in total. The van der Waals surface area contributed by atoms with Crippen LogP contribution in [-0.2, 0) is 0 Å². The molecule has 0 fully saturated rings. The average Bonchev–Trinajstić information content (AvgIpc) is 2.01. The third kappa shape index (κ3) is 1.29. The van der Waals surface area contributed by atoms with E-state index in [-0.39, 0.29) is 5.56 Å². The van der Waals surface area contributed by atoms with Crippen molar-refractivity contribution in [2.75, 3.05) is 0 Å². The van der Waals surface area contributed by atoms with E-state index in [1.165, 1.54) is 25.1 Å². The highest BCUT2D eigenvalue weighted by Crippen LogP contribution is 2.15. The van der Waals surface area contributed by atoms with Crippen molar-refractivity contribution in [3.63, 3.8) is 0 Å². The van der Waals surface area contributed by atoms with Gasteiger partial charge in [0.1, 0.15) is 11.6 Å². The summed E-state index contributed by atoms with van der Waals surface area (Å²) in [5.74, 6) is -1.05. The van der Waals surface area contributed by atoms with Crippen LogP contribution in [0, 0.1) is 18.6 Å². The van der Waals surface area contributed by atoms with Gasteiger partial charge in [0.05, 0.1) is 0 Å². The van der Waals surface area contributed by atoms with E-state index >= 15 is 0 Å². The lowest BCUT2D eigenvalue weighted by Crippen LogP contribution is -1.90. The van der Waals surface area contributed by atoms with E-state index in [2.05, 4.69) is 6.58 Å². The van der Waals surface area contributed by atoms with Crippen LogP contribution in [-0.4, -0.2) is 0 Å². The third-order valence-electron chi connectivity index (χ3n) is 1.57. The maximum absolute atomic E-state index is 13.0. The molecular weight excluding hydrogens is 146 g/mol. The Hall–Kier alpha value is -1.18. The highest BCUT2D eigenvalue weighted by molar-refractivity contribution is 5.49. The van der Waals surface area contributed by atoms with E-state index in [4.69, 9.17) is 0 Å². The van der Waals surface area contributed by atoms with Gasteiger partial charge in [-0.1, -0.05) is 12.7 Å².